The fourth-order valence-electron chi connectivity index (χ4n) is 2.76. The fraction of sp³-hybridized carbons (Fsp3) is 0.316. The Morgan fingerprint density at radius 1 is 1.24 bits per heavy atom. The molecule has 0 bridgehead atoms. The molecule has 33 heavy (non-hydrogen) atoms. The number of carbonyl (C=O) groups excluding carboxylic acids is 2. The van der Waals surface area contributed by atoms with Crippen molar-refractivity contribution in [3.05, 3.63) is 36.4 Å². The summed E-state index contributed by atoms with van der Waals surface area (Å²) in [4.78, 5) is 40.0. The van der Waals surface area contributed by atoms with E-state index < -0.39 is 28.0 Å². The average molecular weight is 478 g/mol. The molecular weight excluding hydrogens is 454 g/mol. The van der Waals surface area contributed by atoms with Crippen LogP contribution in [0.3, 0.4) is 0 Å². The zero-order chi connectivity index (χ0) is 24.2. The molecule has 1 amide bonds. The van der Waals surface area contributed by atoms with E-state index in [-0.39, 0.29) is 35.1 Å². The van der Waals surface area contributed by atoms with Crippen molar-refractivity contribution >= 4 is 44.6 Å². The van der Waals surface area contributed by atoms with Crippen LogP contribution in [0.2, 0.25) is 0 Å². The van der Waals surface area contributed by atoms with E-state index in [9.17, 15) is 18.0 Å². The molecule has 0 aliphatic heterocycles. The summed E-state index contributed by atoms with van der Waals surface area (Å²) in [6.45, 7) is 1.26. The number of amides is 1. The van der Waals surface area contributed by atoms with Gasteiger partial charge < -0.3 is 25.5 Å². The zero-order valence-electron chi connectivity index (χ0n) is 18.1. The van der Waals surface area contributed by atoms with Crippen LogP contribution in [0.1, 0.15) is 17.3 Å². The molecule has 0 radical (unpaired) electrons. The number of esters is 1. The van der Waals surface area contributed by atoms with E-state index in [4.69, 9.17) is 9.84 Å². The van der Waals surface area contributed by atoms with Crippen LogP contribution in [-0.4, -0.2) is 83.0 Å². The summed E-state index contributed by atoms with van der Waals surface area (Å²) in [5.41, 5.74) is 0.892. The second-order valence-corrected chi connectivity index (χ2v) is 9.16. The van der Waals surface area contributed by atoms with Crippen molar-refractivity contribution < 1.29 is 27.9 Å². The maximum Gasteiger partial charge on any atom is 0.341 e. The van der Waals surface area contributed by atoms with Gasteiger partial charge in [-0.15, -0.1) is 0 Å². The van der Waals surface area contributed by atoms with Crippen molar-refractivity contribution in [2.24, 2.45) is 0 Å². The number of nitrogens with zero attached hydrogens (tertiary/aromatic N) is 4. The van der Waals surface area contributed by atoms with E-state index in [1.807, 2.05) is 0 Å². The number of imidazole rings is 1. The first-order chi connectivity index (χ1) is 15.6. The van der Waals surface area contributed by atoms with E-state index in [1.54, 1.807) is 0 Å². The Balaban J connectivity index is 1.82. The Morgan fingerprint density at radius 3 is 2.70 bits per heavy atom. The van der Waals surface area contributed by atoms with Gasteiger partial charge in [0.15, 0.2) is 17.6 Å². The molecule has 1 atom stereocenters. The highest BCUT2D eigenvalue weighted by molar-refractivity contribution is 7.89. The molecule has 0 saturated heterocycles. The monoisotopic (exact) mass is 477 g/mol. The highest BCUT2D eigenvalue weighted by Gasteiger charge is 2.25. The second kappa shape index (κ2) is 9.89. The number of benzene rings is 1. The van der Waals surface area contributed by atoms with E-state index in [1.165, 1.54) is 45.8 Å². The van der Waals surface area contributed by atoms with Gasteiger partial charge in [0, 0.05) is 26.3 Å². The van der Waals surface area contributed by atoms with Crippen LogP contribution in [0.4, 0.5) is 11.5 Å². The number of aromatic amines is 1. The number of sulfonamides is 1. The number of aliphatic hydroxyl groups is 1. The number of nitrogens with one attached hydrogen (secondary N) is 3. The molecule has 0 fully saturated rings. The van der Waals surface area contributed by atoms with Crippen molar-refractivity contribution in [2.75, 3.05) is 37.9 Å². The molecule has 3 rings (SSSR count). The fourth-order valence-corrected chi connectivity index (χ4v) is 3.69. The van der Waals surface area contributed by atoms with E-state index >= 15 is 0 Å². The van der Waals surface area contributed by atoms with Gasteiger partial charge in [0.25, 0.3) is 5.91 Å². The molecule has 0 spiro atoms. The summed E-state index contributed by atoms with van der Waals surface area (Å²) in [5.74, 6) is -1.43. The van der Waals surface area contributed by atoms with Gasteiger partial charge in [-0.1, -0.05) is 0 Å². The predicted octanol–water partition coefficient (Wildman–Crippen LogP) is 0.191. The highest BCUT2D eigenvalue weighted by atomic mass is 32.2. The lowest BCUT2D eigenvalue weighted by Gasteiger charge is -2.17. The number of rotatable bonds is 9. The average Bonchev–Trinajstić information content (AvgIpc) is 3.27. The number of aromatic nitrogens is 4. The smallest absolute Gasteiger partial charge is 0.341 e. The molecule has 0 aliphatic carbocycles. The van der Waals surface area contributed by atoms with Gasteiger partial charge in [0.2, 0.25) is 10.0 Å². The lowest BCUT2D eigenvalue weighted by Crippen LogP contribution is -2.31. The van der Waals surface area contributed by atoms with Crippen LogP contribution >= 0.6 is 0 Å². The van der Waals surface area contributed by atoms with Crippen molar-refractivity contribution in [2.45, 2.75) is 17.9 Å². The Morgan fingerprint density at radius 2 is 2.00 bits per heavy atom. The van der Waals surface area contributed by atoms with Crippen molar-refractivity contribution in [3.63, 3.8) is 0 Å². The maximum atomic E-state index is 12.9. The summed E-state index contributed by atoms with van der Waals surface area (Å²) in [6, 6.07) is 3.87. The normalized spacial score (nSPS) is 12.5. The molecule has 14 heteroatoms. The summed E-state index contributed by atoms with van der Waals surface area (Å²) in [5, 5.41) is 14.4. The maximum absolute atomic E-state index is 12.9. The van der Waals surface area contributed by atoms with E-state index in [0.29, 0.717) is 11.2 Å². The predicted molar refractivity (Wildman–Crippen MR) is 118 cm³/mol. The third kappa shape index (κ3) is 5.24. The van der Waals surface area contributed by atoms with Gasteiger partial charge >= 0.3 is 5.97 Å². The molecule has 1 unspecified atom stereocenters. The first-order valence-electron chi connectivity index (χ1n) is 9.72. The number of carbonyl (C=O) groups is 2. The van der Waals surface area contributed by atoms with Crippen molar-refractivity contribution in [1.82, 2.24) is 24.2 Å². The van der Waals surface area contributed by atoms with Gasteiger partial charge in [0.1, 0.15) is 11.8 Å². The van der Waals surface area contributed by atoms with E-state index in [0.717, 1.165) is 10.4 Å². The number of fused-ring (bicyclic) bond motifs is 1. The number of ether oxygens (including phenoxy) is 1. The molecule has 0 aliphatic rings. The first kappa shape index (κ1) is 24.0. The number of hydrogen-bond acceptors (Lipinski definition) is 10. The van der Waals surface area contributed by atoms with Crippen LogP contribution < -0.4 is 10.6 Å². The Labute approximate surface area is 189 Å². The standard InChI is InChI=1S/C19H23N7O6S/c1-11(18(28)25-17-15-16(22-9-21-15)23-10-24-17)32-19(29)13-8-12(33(30,31)26(2)3)4-5-14(13)20-6-7-27/h4-5,8-11,20,27H,6-7H2,1-3H3,(H2,21,22,23,24,25,28). The number of hydrogen-bond donors (Lipinski definition) is 4. The Kier molecular flexibility index (Phi) is 7.20. The number of aliphatic hydroxyl groups excluding tert-OH is 1. The Bertz CT molecular complexity index is 1270. The summed E-state index contributed by atoms with van der Waals surface area (Å²) >= 11 is 0. The van der Waals surface area contributed by atoms with Crippen LogP contribution in [0.5, 0.6) is 0 Å². The highest BCUT2D eigenvalue weighted by Crippen LogP contribution is 2.24. The molecule has 2 aromatic heterocycles. The molecule has 2 heterocycles. The van der Waals surface area contributed by atoms with Crippen molar-refractivity contribution in [3.8, 4) is 0 Å². The van der Waals surface area contributed by atoms with Crippen LogP contribution in [0.25, 0.3) is 11.2 Å². The van der Waals surface area contributed by atoms with Gasteiger partial charge in [-0.3, -0.25) is 4.79 Å². The molecule has 1 aromatic carbocycles. The molecule has 0 saturated carbocycles. The largest absolute Gasteiger partial charge is 0.449 e. The van der Waals surface area contributed by atoms with Gasteiger partial charge in [-0.05, 0) is 25.1 Å². The minimum absolute atomic E-state index is 0.107. The minimum Gasteiger partial charge on any atom is -0.449 e. The topological polar surface area (TPSA) is 179 Å². The molecule has 13 nitrogen and oxygen atoms in total. The molecule has 4 N–H and O–H groups in total. The quantitative estimate of drug-likeness (QED) is 0.311. The summed E-state index contributed by atoms with van der Waals surface area (Å²) in [7, 11) is -1.10. The van der Waals surface area contributed by atoms with E-state index in [2.05, 4.69) is 30.6 Å². The second-order valence-electron chi connectivity index (χ2n) is 7.01. The summed E-state index contributed by atoms with van der Waals surface area (Å²) < 4.78 is 31.2. The minimum atomic E-state index is -3.83. The van der Waals surface area contributed by atoms with Crippen molar-refractivity contribution in [1.29, 1.82) is 0 Å². The lowest BCUT2D eigenvalue weighted by atomic mass is 10.1. The number of anilines is 2. The molecular formula is C19H23N7O6S. The van der Waals surface area contributed by atoms with Gasteiger partial charge in [-0.2, -0.15) is 0 Å². The van der Waals surface area contributed by atoms with Crippen LogP contribution in [0.15, 0.2) is 35.7 Å². The summed E-state index contributed by atoms with van der Waals surface area (Å²) in [6.07, 6.45) is 1.38. The zero-order valence-corrected chi connectivity index (χ0v) is 18.9. The van der Waals surface area contributed by atoms with Crippen LogP contribution in [-0.2, 0) is 19.6 Å². The SMILES string of the molecule is CC(OC(=O)c1cc(S(=O)(=O)N(C)C)ccc1NCCO)C(=O)Nc1ncnc2nc[nH]c12. The van der Waals surface area contributed by atoms with Crippen LogP contribution in [0, 0.1) is 0 Å². The first-order valence-corrected chi connectivity index (χ1v) is 11.2. The lowest BCUT2D eigenvalue weighted by molar-refractivity contribution is -0.123. The number of H-pyrrole nitrogens is 1. The molecule has 176 valence electrons. The Hall–Kier alpha value is -3.62. The third-order valence-corrected chi connectivity index (χ3v) is 6.35. The molecule has 3 aromatic rings. The third-order valence-electron chi connectivity index (χ3n) is 4.53. The van der Waals surface area contributed by atoms with Gasteiger partial charge in [0.05, 0.1) is 23.4 Å². The van der Waals surface area contributed by atoms with Gasteiger partial charge in [-0.25, -0.2) is 32.5 Å².